The molecule has 1 aromatic heterocycles. The number of hydrogen-bond donors (Lipinski definition) is 2. The van der Waals surface area contributed by atoms with Crippen LogP contribution < -0.4 is 5.48 Å². The third kappa shape index (κ3) is 5.26. The highest BCUT2D eigenvalue weighted by Crippen LogP contribution is 2.44. The van der Waals surface area contributed by atoms with Crippen LogP contribution in [0.4, 0.5) is 0 Å². The summed E-state index contributed by atoms with van der Waals surface area (Å²) in [6.07, 6.45) is -0.562. The number of amides is 3. The number of likely N-dealkylation sites (tertiary alicyclic amines) is 1. The lowest BCUT2D eigenvalue weighted by atomic mass is 9.80. The van der Waals surface area contributed by atoms with Crippen LogP contribution in [0.2, 0.25) is 0 Å². The van der Waals surface area contributed by atoms with E-state index in [0.29, 0.717) is 0 Å². The van der Waals surface area contributed by atoms with Crippen LogP contribution in [0, 0.1) is 0 Å². The van der Waals surface area contributed by atoms with E-state index in [2.05, 4.69) is 21.0 Å². The van der Waals surface area contributed by atoms with Crippen LogP contribution in [0.25, 0.3) is 0 Å². The summed E-state index contributed by atoms with van der Waals surface area (Å²) in [6, 6.07) is 27.4. The Morgan fingerprint density at radius 2 is 1.56 bits per heavy atom. The maximum absolute atomic E-state index is 13.4. The second-order valence-electron chi connectivity index (χ2n) is 11.4. The predicted molar refractivity (Wildman–Crippen MR) is 168 cm³/mol. The van der Waals surface area contributed by atoms with Gasteiger partial charge in [0.2, 0.25) is 11.1 Å². The lowest BCUT2D eigenvalue weighted by molar-refractivity contribution is -0.163. The Bertz CT molecular complexity index is 1810. The van der Waals surface area contributed by atoms with Crippen molar-refractivity contribution in [3.8, 4) is 0 Å². The molecule has 2 fully saturated rings. The minimum atomic E-state index is -1.33. The summed E-state index contributed by atoms with van der Waals surface area (Å²) < 4.78 is 7.30. The van der Waals surface area contributed by atoms with Crippen molar-refractivity contribution in [1.82, 2.24) is 35.5 Å². The number of ether oxygens (including phenoxy) is 1. The number of carboxylic acids is 1. The quantitative estimate of drug-likeness (QED) is 0.104. The molecule has 2 saturated heterocycles. The molecule has 3 aromatic carbocycles. The topological polar surface area (TPSA) is 169 Å². The molecule has 7 rings (SSSR count). The minimum Gasteiger partial charge on any atom is -0.487 e. The summed E-state index contributed by atoms with van der Waals surface area (Å²) in [7, 11) is 0. The highest BCUT2D eigenvalue weighted by atomic mass is 32.2. The van der Waals surface area contributed by atoms with E-state index in [9.17, 15) is 24.3 Å². The van der Waals surface area contributed by atoms with Gasteiger partial charge >= 0.3 is 5.97 Å². The zero-order valence-electron chi connectivity index (χ0n) is 25.5. The van der Waals surface area contributed by atoms with Gasteiger partial charge in [0.1, 0.15) is 30.5 Å². The van der Waals surface area contributed by atoms with Crippen LogP contribution in [-0.2, 0) is 40.9 Å². The number of hydrogen-bond acceptors (Lipinski definition) is 10. The molecule has 4 heterocycles. The number of carbonyl (C=O) groups excluding carboxylic acids is 3. The fourth-order valence-corrected chi connectivity index (χ4v) is 7.32. The van der Waals surface area contributed by atoms with E-state index in [1.165, 1.54) is 21.4 Å². The second-order valence-corrected chi connectivity index (χ2v) is 12.3. The first kappa shape index (κ1) is 31.1. The van der Waals surface area contributed by atoms with Gasteiger partial charge in [0.05, 0.1) is 12.3 Å². The SMILES string of the molecule is CC(=O)N1C[C@H]2OC(CSc3nnnn3CC(=O)NOC(c3ccccc3)(c3ccccc3)c3ccccc3)=C(C(=O)O)N3C(=O)[C@@H]1[C@@H]23. The Morgan fingerprint density at radius 1 is 0.979 bits per heavy atom. The Hall–Kier alpha value is -5.54. The van der Waals surface area contributed by atoms with E-state index in [1.807, 2.05) is 91.0 Å². The predicted octanol–water partition coefficient (Wildman–Crippen LogP) is 1.94. The number of carbonyl (C=O) groups is 4. The van der Waals surface area contributed by atoms with E-state index in [4.69, 9.17) is 9.57 Å². The number of nitrogens with zero attached hydrogens (tertiary/aromatic N) is 6. The van der Waals surface area contributed by atoms with Crippen LogP contribution in [0.1, 0.15) is 23.6 Å². The first-order chi connectivity index (χ1) is 23.3. The van der Waals surface area contributed by atoms with Gasteiger partial charge in [-0.3, -0.25) is 24.1 Å². The van der Waals surface area contributed by atoms with E-state index in [0.717, 1.165) is 28.5 Å². The van der Waals surface area contributed by atoms with Crippen molar-refractivity contribution in [3.05, 3.63) is 119 Å². The molecular formula is C33H29N7O7S. The molecule has 0 spiro atoms. The van der Waals surface area contributed by atoms with Crippen molar-refractivity contribution < 1.29 is 33.9 Å². The molecule has 244 valence electrons. The number of tetrazole rings is 1. The number of nitrogens with one attached hydrogen (secondary N) is 1. The second kappa shape index (κ2) is 12.6. The van der Waals surface area contributed by atoms with Gasteiger partial charge in [0, 0.05) is 6.92 Å². The fraction of sp³-hybridized carbons (Fsp3) is 0.242. The van der Waals surface area contributed by atoms with Gasteiger partial charge in [0.25, 0.3) is 11.8 Å². The molecule has 0 saturated carbocycles. The molecule has 4 aromatic rings. The molecular weight excluding hydrogens is 638 g/mol. The standard InChI is InChI=1S/C33H29N7O7S/c1-20(41)38-17-24-27-29(38)30(43)40(27)28(31(44)45)25(46-24)19-48-32-34-36-37-39(32)18-26(42)35-47-33(21-11-5-2-6-12-21,22-13-7-3-8-14-22)23-15-9-4-10-16-23/h2-16,24,27,29H,17-19H2,1H3,(H,35,42)(H,44,45)/t24-,27-,29+/m1/s1. The summed E-state index contributed by atoms with van der Waals surface area (Å²) >= 11 is 1.04. The van der Waals surface area contributed by atoms with Crippen LogP contribution in [0.5, 0.6) is 0 Å². The Morgan fingerprint density at radius 3 is 2.10 bits per heavy atom. The largest absolute Gasteiger partial charge is 0.487 e. The van der Waals surface area contributed by atoms with Crippen LogP contribution in [0.15, 0.2) is 108 Å². The summed E-state index contributed by atoms with van der Waals surface area (Å²) in [5, 5.41) is 21.8. The van der Waals surface area contributed by atoms with E-state index >= 15 is 0 Å². The van der Waals surface area contributed by atoms with Gasteiger partial charge in [-0.1, -0.05) is 103 Å². The van der Waals surface area contributed by atoms with Gasteiger partial charge in [-0.05, 0) is 27.1 Å². The van der Waals surface area contributed by atoms with Crippen molar-refractivity contribution in [1.29, 1.82) is 0 Å². The molecule has 0 radical (unpaired) electrons. The number of rotatable bonds is 11. The molecule has 48 heavy (non-hydrogen) atoms. The summed E-state index contributed by atoms with van der Waals surface area (Å²) in [6.45, 7) is 1.21. The van der Waals surface area contributed by atoms with Crippen molar-refractivity contribution in [2.24, 2.45) is 0 Å². The maximum Gasteiger partial charge on any atom is 0.356 e. The average molecular weight is 668 g/mol. The van der Waals surface area contributed by atoms with E-state index in [-0.39, 0.29) is 41.4 Å². The molecule has 3 amide bonds. The number of aromatic nitrogens is 4. The molecule has 2 N–H and O–H groups in total. The van der Waals surface area contributed by atoms with Crippen molar-refractivity contribution in [3.63, 3.8) is 0 Å². The molecule has 0 bridgehead atoms. The molecule has 15 heteroatoms. The Labute approximate surface area is 278 Å². The number of hydroxylamine groups is 1. The van der Waals surface area contributed by atoms with Crippen molar-refractivity contribution in [2.45, 2.75) is 42.4 Å². The monoisotopic (exact) mass is 667 g/mol. The van der Waals surface area contributed by atoms with Crippen molar-refractivity contribution >= 4 is 35.5 Å². The molecule has 0 aliphatic carbocycles. The smallest absolute Gasteiger partial charge is 0.356 e. The van der Waals surface area contributed by atoms with Gasteiger partial charge in [0.15, 0.2) is 11.3 Å². The highest BCUT2D eigenvalue weighted by molar-refractivity contribution is 7.99. The number of carboxylic acid groups (broad SMARTS) is 1. The molecule has 3 aliphatic rings. The normalized spacial score (nSPS) is 19.8. The van der Waals surface area contributed by atoms with Crippen LogP contribution >= 0.6 is 11.8 Å². The summed E-state index contributed by atoms with van der Waals surface area (Å²) in [5.41, 5.74) is 3.51. The first-order valence-electron chi connectivity index (χ1n) is 15.1. The molecule has 3 aliphatic heterocycles. The number of β-lactam (4-membered cyclic amide) rings is 1. The Balaban J connectivity index is 1.09. The van der Waals surface area contributed by atoms with Gasteiger partial charge in [-0.2, -0.15) is 0 Å². The average Bonchev–Trinajstić information content (AvgIpc) is 3.71. The number of benzene rings is 3. The zero-order chi connectivity index (χ0) is 33.4. The first-order valence-corrected chi connectivity index (χ1v) is 16.0. The zero-order valence-corrected chi connectivity index (χ0v) is 26.3. The van der Waals surface area contributed by atoms with Crippen LogP contribution in [-0.4, -0.2) is 89.3 Å². The third-order valence-electron chi connectivity index (χ3n) is 8.59. The third-order valence-corrected chi connectivity index (χ3v) is 9.55. The lowest BCUT2D eigenvalue weighted by Gasteiger charge is -2.49. The fourth-order valence-electron chi connectivity index (χ4n) is 6.51. The minimum absolute atomic E-state index is 0.0446. The summed E-state index contributed by atoms with van der Waals surface area (Å²) in [4.78, 5) is 59.6. The molecule has 14 nitrogen and oxygen atoms in total. The number of aliphatic carboxylic acids is 1. The van der Waals surface area contributed by atoms with Gasteiger partial charge in [-0.15, -0.1) is 5.10 Å². The van der Waals surface area contributed by atoms with E-state index < -0.39 is 41.6 Å². The summed E-state index contributed by atoms with van der Waals surface area (Å²) in [5.74, 6) is -2.62. The van der Waals surface area contributed by atoms with E-state index in [1.54, 1.807) is 0 Å². The van der Waals surface area contributed by atoms with Gasteiger partial charge < -0.3 is 14.7 Å². The lowest BCUT2D eigenvalue weighted by Crippen LogP contribution is -2.70. The Kier molecular flexibility index (Phi) is 8.14. The maximum atomic E-state index is 13.4. The molecule has 3 atom stereocenters. The highest BCUT2D eigenvalue weighted by Gasteiger charge is 2.65. The number of thioether (sulfide) groups is 1. The van der Waals surface area contributed by atoms with Crippen molar-refractivity contribution in [2.75, 3.05) is 12.3 Å². The van der Waals surface area contributed by atoms with Crippen LogP contribution in [0.3, 0.4) is 0 Å². The van der Waals surface area contributed by atoms with Gasteiger partial charge in [-0.25, -0.2) is 15.0 Å². The molecule has 0 unspecified atom stereocenters.